The van der Waals surface area contributed by atoms with E-state index in [0.717, 1.165) is 16.7 Å². The van der Waals surface area contributed by atoms with Gasteiger partial charge in [0.15, 0.2) is 0 Å². The van der Waals surface area contributed by atoms with Gasteiger partial charge in [-0.1, -0.05) is 24.3 Å². The highest BCUT2D eigenvalue weighted by molar-refractivity contribution is 5.85. The Morgan fingerprint density at radius 1 is 1.26 bits per heavy atom. The number of carbonyl (C=O) groups is 2. The first kappa shape index (κ1) is 19.0. The minimum Gasteiger partial charge on any atom is -0.480 e. The number of nitrogens with zero attached hydrogens (tertiary/aromatic N) is 2. The smallest absolute Gasteiger partial charge is 0.323 e. The highest BCUT2D eigenvalue weighted by Gasteiger charge is 2.54. The third kappa shape index (κ3) is 3.57. The van der Waals surface area contributed by atoms with E-state index in [-0.39, 0.29) is 18.4 Å². The Balaban J connectivity index is 1.89. The summed E-state index contributed by atoms with van der Waals surface area (Å²) >= 11 is 0. The van der Waals surface area contributed by atoms with E-state index in [1.165, 1.54) is 0 Å². The summed E-state index contributed by atoms with van der Waals surface area (Å²) in [6.07, 6.45) is 3.63. The van der Waals surface area contributed by atoms with Crippen LogP contribution in [0, 0.1) is 12.8 Å². The summed E-state index contributed by atoms with van der Waals surface area (Å²) in [4.78, 5) is 30.8. The molecule has 2 aromatic rings. The first-order valence-electron chi connectivity index (χ1n) is 9.03. The van der Waals surface area contributed by atoms with Crippen LogP contribution < -0.4 is 5.32 Å². The molecule has 0 spiro atoms. The number of aryl methyl sites for hydroxylation is 1. The lowest BCUT2D eigenvalue weighted by Crippen LogP contribution is -2.46. The number of carbonyl (C=O) groups excluding carboxylic acids is 1. The highest BCUT2D eigenvalue weighted by Crippen LogP contribution is 2.46. The third-order valence-corrected chi connectivity index (χ3v) is 5.71. The largest absolute Gasteiger partial charge is 0.480 e. The summed E-state index contributed by atoms with van der Waals surface area (Å²) in [5.41, 5.74) is 1.91. The van der Waals surface area contributed by atoms with Crippen LogP contribution in [0.25, 0.3) is 0 Å². The molecule has 1 aliphatic heterocycles. The van der Waals surface area contributed by atoms with E-state index in [1.54, 1.807) is 26.4 Å². The molecule has 3 atom stereocenters. The van der Waals surface area contributed by atoms with E-state index >= 15 is 0 Å². The molecule has 1 aromatic carbocycles. The van der Waals surface area contributed by atoms with Crippen molar-refractivity contribution in [3.05, 3.63) is 65.5 Å². The van der Waals surface area contributed by atoms with Gasteiger partial charge >= 0.3 is 5.97 Å². The molecule has 0 radical (unpaired) electrons. The summed E-state index contributed by atoms with van der Waals surface area (Å²) < 4.78 is 0. The molecule has 2 N–H and O–H groups in total. The number of carboxylic acid groups (broad SMARTS) is 1. The molecule has 142 valence electrons. The number of carboxylic acids is 1. The first-order valence-corrected chi connectivity index (χ1v) is 9.03. The van der Waals surface area contributed by atoms with Crippen LogP contribution in [0.5, 0.6) is 0 Å². The average molecular weight is 367 g/mol. The number of rotatable bonds is 5. The summed E-state index contributed by atoms with van der Waals surface area (Å²) in [5, 5.41) is 12.8. The van der Waals surface area contributed by atoms with Crippen LogP contribution in [-0.4, -0.2) is 39.5 Å². The van der Waals surface area contributed by atoms with E-state index in [1.807, 2.05) is 48.2 Å². The Morgan fingerprint density at radius 3 is 2.56 bits per heavy atom. The van der Waals surface area contributed by atoms with Crippen molar-refractivity contribution in [3.8, 4) is 0 Å². The highest BCUT2D eigenvalue weighted by atomic mass is 16.4. The Labute approximate surface area is 159 Å². The number of nitrogens with one attached hydrogen (secondary N) is 1. The van der Waals surface area contributed by atoms with Gasteiger partial charge in [-0.15, -0.1) is 0 Å². The molecule has 2 heterocycles. The lowest BCUT2D eigenvalue weighted by atomic mass is 9.88. The quantitative estimate of drug-likeness (QED) is 0.849. The summed E-state index contributed by atoms with van der Waals surface area (Å²) in [6, 6.07) is 11.3. The number of hydrogen-bond donors (Lipinski definition) is 2. The zero-order valence-corrected chi connectivity index (χ0v) is 15.8. The zero-order chi connectivity index (χ0) is 19.6. The fraction of sp³-hybridized carbons (Fsp3) is 0.381. The molecule has 3 rings (SSSR count). The van der Waals surface area contributed by atoms with Crippen molar-refractivity contribution in [2.75, 3.05) is 7.05 Å². The van der Waals surface area contributed by atoms with Crippen molar-refractivity contribution in [3.63, 3.8) is 0 Å². The van der Waals surface area contributed by atoms with E-state index in [2.05, 4.69) is 10.3 Å². The van der Waals surface area contributed by atoms with Gasteiger partial charge in [-0.05, 0) is 56.1 Å². The monoisotopic (exact) mass is 367 g/mol. The zero-order valence-electron chi connectivity index (χ0n) is 15.8. The van der Waals surface area contributed by atoms with Crippen molar-refractivity contribution < 1.29 is 14.7 Å². The van der Waals surface area contributed by atoms with Gasteiger partial charge in [0, 0.05) is 25.0 Å². The van der Waals surface area contributed by atoms with Crippen LogP contribution in [0.1, 0.15) is 36.1 Å². The third-order valence-electron chi connectivity index (χ3n) is 5.71. The fourth-order valence-corrected chi connectivity index (χ4v) is 3.90. The minimum absolute atomic E-state index is 0.128. The lowest BCUT2D eigenvalue weighted by Gasteiger charge is -2.32. The van der Waals surface area contributed by atoms with E-state index in [0.29, 0.717) is 6.54 Å². The topological polar surface area (TPSA) is 82.5 Å². The molecule has 1 fully saturated rings. The van der Waals surface area contributed by atoms with Gasteiger partial charge in [0.1, 0.15) is 5.54 Å². The number of amides is 1. The lowest BCUT2D eigenvalue weighted by molar-refractivity contribution is -0.148. The second kappa shape index (κ2) is 7.48. The Kier molecular flexibility index (Phi) is 5.28. The molecule has 1 aromatic heterocycles. The molecule has 1 aliphatic rings. The van der Waals surface area contributed by atoms with E-state index in [4.69, 9.17) is 0 Å². The maximum absolute atomic E-state index is 13.0. The van der Waals surface area contributed by atoms with Gasteiger partial charge in [0.25, 0.3) is 0 Å². The standard InChI is InChI=1S/C21H25N3O3/c1-14-6-4-5-7-16(14)18-17(12-21(2,20(26)27)24(18)3)19(25)23-13-15-8-10-22-11-9-15/h4-11,17-18H,12-13H2,1-3H3,(H,23,25)(H,26,27)/t17-,18-,21-/m1/s1. The maximum Gasteiger partial charge on any atom is 0.323 e. The summed E-state index contributed by atoms with van der Waals surface area (Å²) in [6.45, 7) is 4.08. The number of pyridine rings is 1. The van der Waals surface area contributed by atoms with E-state index in [9.17, 15) is 14.7 Å². The van der Waals surface area contributed by atoms with Crippen LogP contribution in [0.4, 0.5) is 0 Å². The molecule has 0 bridgehead atoms. The van der Waals surface area contributed by atoms with Crippen molar-refractivity contribution in [2.24, 2.45) is 5.92 Å². The predicted octanol–water partition coefficient (Wildman–Crippen LogP) is 2.54. The molecular weight excluding hydrogens is 342 g/mol. The van der Waals surface area contributed by atoms with Crippen LogP contribution in [0.2, 0.25) is 0 Å². The van der Waals surface area contributed by atoms with Gasteiger partial charge in [0.2, 0.25) is 5.91 Å². The van der Waals surface area contributed by atoms with Gasteiger partial charge in [-0.25, -0.2) is 0 Å². The van der Waals surface area contributed by atoms with Crippen molar-refractivity contribution in [1.29, 1.82) is 0 Å². The Morgan fingerprint density at radius 2 is 1.93 bits per heavy atom. The summed E-state index contributed by atoms with van der Waals surface area (Å²) in [5.74, 6) is -1.48. The number of hydrogen-bond acceptors (Lipinski definition) is 4. The molecule has 6 heteroatoms. The van der Waals surface area contributed by atoms with Crippen molar-refractivity contribution >= 4 is 11.9 Å². The second-order valence-electron chi connectivity index (χ2n) is 7.38. The molecule has 6 nitrogen and oxygen atoms in total. The molecule has 1 amide bonds. The van der Waals surface area contributed by atoms with Gasteiger partial charge in [-0.2, -0.15) is 0 Å². The average Bonchev–Trinajstić information content (AvgIpc) is 2.94. The molecule has 1 saturated heterocycles. The van der Waals surface area contributed by atoms with Crippen LogP contribution >= 0.6 is 0 Å². The van der Waals surface area contributed by atoms with Gasteiger partial charge < -0.3 is 10.4 Å². The number of likely N-dealkylation sites (N-methyl/N-ethyl adjacent to an activating group) is 1. The van der Waals surface area contributed by atoms with Crippen molar-refractivity contribution in [2.45, 2.75) is 38.4 Å². The SMILES string of the molecule is Cc1ccccc1[C@@H]1[C@H](C(=O)NCc2ccncc2)C[C@](C)(C(=O)O)N1C. The first-order chi connectivity index (χ1) is 12.8. The second-order valence-corrected chi connectivity index (χ2v) is 7.38. The normalized spacial score (nSPS) is 25.3. The molecule has 27 heavy (non-hydrogen) atoms. The van der Waals surface area contributed by atoms with Gasteiger partial charge in [-0.3, -0.25) is 19.5 Å². The number of benzene rings is 1. The Hall–Kier alpha value is -2.73. The maximum atomic E-state index is 13.0. The molecule has 0 aliphatic carbocycles. The molecule has 0 saturated carbocycles. The van der Waals surface area contributed by atoms with Crippen molar-refractivity contribution in [1.82, 2.24) is 15.2 Å². The Bertz CT molecular complexity index is 840. The van der Waals surface area contributed by atoms with Crippen LogP contribution in [0.15, 0.2) is 48.8 Å². The minimum atomic E-state index is -1.09. The van der Waals surface area contributed by atoms with Crippen LogP contribution in [0.3, 0.4) is 0 Å². The predicted molar refractivity (Wildman–Crippen MR) is 102 cm³/mol. The fourth-order valence-electron chi connectivity index (χ4n) is 3.90. The summed E-state index contributed by atoms with van der Waals surface area (Å²) in [7, 11) is 1.79. The number of aliphatic carboxylic acids is 1. The molecule has 0 unspecified atom stereocenters. The number of aromatic nitrogens is 1. The number of likely N-dealkylation sites (tertiary alicyclic amines) is 1. The van der Waals surface area contributed by atoms with E-state index < -0.39 is 17.4 Å². The van der Waals surface area contributed by atoms with Gasteiger partial charge in [0.05, 0.1) is 5.92 Å². The molecular formula is C21H25N3O3. The van der Waals surface area contributed by atoms with Crippen LogP contribution in [-0.2, 0) is 16.1 Å².